The number of pyridine rings is 1. The standard InChI is InChI=1S/C19H16FN5O/c1-26-13-5-6-15(20)14(9-13)19-18(16-3-2-8-24(16)23-19)12-4-7-17-21-11-22-25(17)10-12/h4-7,9-11H,2-3,8H2,1H3. The fourth-order valence-corrected chi connectivity index (χ4v) is 3.60. The number of aromatic nitrogens is 5. The molecule has 0 radical (unpaired) electrons. The zero-order valence-electron chi connectivity index (χ0n) is 14.2. The van der Waals surface area contributed by atoms with Crippen LogP contribution in [0.4, 0.5) is 4.39 Å². The van der Waals surface area contributed by atoms with Gasteiger partial charge >= 0.3 is 0 Å². The number of hydrogen-bond acceptors (Lipinski definition) is 4. The summed E-state index contributed by atoms with van der Waals surface area (Å²) >= 11 is 0. The second kappa shape index (κ2) is 5.66. The van der Waals surface area contributed by atoms with Crippen molar-refractivity contribution < 1.29 is 9.13 Å². The van der Waals surface area contributed by atoms with Gasteiger partial charge in [0.25, 0.3) is 0 Å². The summed E-state index contributed by atoms with van der Waals surface area (Å²) in [6.45, 7) is 0.847. The molecule has 7 heteroatoms. The van der Waals surface area contributed by atoms with Crippen LogP contribution in [0.1, 0.15) is 12.1 Å². The number of methoxy groups -OCH3 is 1. The van der Waals surface area contributed by atoms with Crippen molar-refractivity contribution in [2.24, 2.45) is 0 Å². The highest BCUT2D eigenvalue weighted by atomic mass is 19.1. The molecule has 6 nitrogen and oxygen atoms in total. The number of halogens is 1. The molecule has 5 rings (SSSR count). The molecule has 0 atom stereocenters. The van der Waals surface area contributed by atoms with E-state index in [0.29, 0.717) is 17.0 Å². The first-order chi connectivity index (χ1) is 12.7. The van der Waals surface area contributed by atoms with E-state index in [2.05, 4.69) is 10.1 Å². The molecule has 26 heavy (non-hydrogen) atoms. The summed E-state index contributed by atoms with van der Waals surface area (Å²) in [6.07, 6.45) is 5.40. The molecule has 0 amide bonds. The van der Waals surface area contributed by atoms with Crippen molar-refractivity contribution in [3.63, 3.8) is 0 Å². The molecule has 4 heterocycles. The monoisotopic (exact) mass is 349 g/mol. The maximum absolute atomic E-state index is 14.6. The van der Waals surface area contributed by atoms with E-state index < -0.39 is 0 Å². The second-order valence-corrected chi connectivity index (χ2v) is 6.32. The fraction of sp³-hybridized carbons (Fsp3) is 0.211. The van der Waals surface area contributed by atoms with Crippen molar-refractivity contribution in [2.75, 3.05) is 7.11 Å². The Morgan fingerprint density at radius 3 is 3.00 bits per heavy atom. The van der Waals surface area contributed by atoms with Gasteiger partial charge in [0.05, 0.1) is 7.11 Å². The van der Waals surface area contributed by atoms with E-state index >= 15 is 0 Å². The Morgan fingerprint density at radius 2 is 2.12 bits per heavy atom. The quantitative estimate of drug-likeness (QED) is 0.569. The number of aryl methyl sites for hydroxylation is 1. The Morgan fingerprint density at radius 1 is 1.19 bits per heavy atom. The molecule has 0 saturated carbocycles. The number of fused-ring (bicyclic) bond motifs is 2. The van der Waals surface area contributed by atoms with Gasteiger partial charge in [-0.2, -0.15) is 10.2 Å². The average molecular weight is 349 g/mol. The van der Waals surface area contributed by atoms with Gasteiger partial charge in [0.1, 0.15) is 23.6 Å². The zero-order valence-corrected chi connectivity index (χ0v) is 14.2. The van der Waals surface area contributed by atoms with Crippen molar-refractivity contribution in [2.45, 2.75) is 19.4 Å². The van der Waals surface area contributed by atoms with Crippen molar-refractivity contribution in [1.29, 1.82) is 0 Å². The molecule has 0 spiro atoms. The lowest BCUT2D eigenvalue weighted by Gasteiger charge is -2.08. The van der Waals surface area contributed by atoms with E-state index in [0.717, 1.165) is 41.9 Å². The van der Waals surface area contributed by atoms with E-state index in [1.807, 2.05) is 23.0 Å². The predicted octanol–water partition coefficient (Wildman–Crippen LogP) is 3.35. The molecular formula is C19H16FN5O. The van der Waals surface area contributed by atoms with Gasteiger partial charge in [-0.05, 0) is 43.2 Å². The molecule has 0 N–H and O–H groups in total. The van der Waals surface area contributed by atoms with Gasteiger partial charge in [-0.1, -0.05) is 0 Å². The largest absolute Gasteiger partial charge is 0.497 e. The van der Waals surface area contributed by atoms with E-state index in [-0.39, 0.29) is 5.82 Å². The topological polar surface area (TPSA) is 57.2 Å². The molecule has 1 aliphatic rings. The summed E-state index contributed by atoms with van der Waals surface area (Å²) in [6, 6.07) is 8.63. The lowest BCUT2D eigenvalue weighted by Crippen LogP contribution is -1.95. The van der Waals surface area contributed by atoms with Crippen LogP contribution in [0.15, 0.2) is 42.9 Å². The second-order valence-electron chi connectivity index (χ2n) is 6.32. The SMILES string of the molecule is COc1ccc(F)c(-c2nn3c(c2-c2ccc4ncnn4c2)CCC3)c1. The van der Waals surface area contributed by atoms with Crippen LogP contribution >= 0.6 is 0 Å². The minimum Gasteiger partial charge on any atom is -0.497 e. The van der Waals surface area contributed by atoms with E-state index in [1.54, 1.807) is 23.8 Å². The number of benzene rings is 1. The third-order valence-electron chi connectivity index (χ3n) is 4.83. The lowest BCUT2D eigenvalue weighted by atomic mass is 9.98. The van der Waals surface area contributed by atoms with E-state index in [4.69, 9.17) is 9.84 Å². The highest BCUT2D eigenvalue weighted by Crippen LogP contribution is 2.39. The molecule has 0 aliphatic carbocycles. The Hall–Kier alpha value is -3.22. The minimum atomic E-state index is -0.314. The molecule has 0 bridgehead atoms. The first-order valence-corrected chi connectivity index (χ1v) is 8.48. The van der Waals surface area contributed by atoms with E-state index in [1.165, 1.54) is 12.4 Å². The first kappa shape index (κ1) is 15.1. The van der Waals surface area contributed by atoms with Crippen molar-refractivity contribution in [1.82, 2.24) is 24.4 Å². The molecule has 0 saturated heterocycles. The normalized spacial score (nSPS) is 13.3. The number of hydrogen-bond donors (Lipinski definition) is 0. The average Bonchev–Trinajstić information content (AvgIpc) is 3.36. The summed E-state index contributed by atoms with van der Waals surface area (Å²) in [5, 5.41) is 8.93. The van der Waals surface area contributed by atoms with Crippen LogP contribution in [-0.2, 0) is 13.0 Å². The van der Waals surface area contributed by atoms with Crippen LogP contribution in [0, 0.1) is 5.82 Å². The molecule has 0 fully saturated rings. The molecule has 0 unspecified atom stereocenters. The molecule has 1 aliphatic heterocycles. The maximum Gasteiger partial charge on any atom is 0.155 e. The summed E-state index contributed by atoms with van der Waals surface area (Å²) in [7, 11) is 1.57. The zero-order chi connectivity index (χ0) is 17.7. The van der Waals surface area contributed by atoms with Gasteiger partial charge in [-0.3, -0.25) is 4.68 Å². The summed E-state index contributed by atoms with van der Waals surface area (Å²) < 4.78 is 23.6. The summed E-state index contributed by atoms with van der Waals surface area (Å²) in [5.74, 6) is 0.290. The number of rotatable bonds is 3. The van der Waals surface area contributed by atoms with Crippen LogP contribution < -0.4 is 4.74 Å². The highest BCUT2D eigenvalue weighted by molar-refractivity contribution is 5.83. The predicted molar refractivity (Wildman–Crippen MR) is 94.5 cm³/mol. The van der Waals surface area contributed by atoms with E-state index in [9.17, 15) is 4.39 Å². The van der Waals surface area contributed by atoms with Gasteiger partial charge in [0.15, 0.2) is 5.65 Å². The molecule has 1 aromatic carbocycles. The van der Waals surface area contributed by atoms with Crippen LogP contribution in [0.2, 0.25) is 0 Å². The fourth-order valence-electron chi connectivity index (χ4n) is 3.60. The number of nitrogens with zero attached hydrogens (tertiary/aromatic N) is 5. The lowest BCUT2D eigenvalue weighted by molar-refractivity contribution is 0.414. The van der Waals surface area contributed by atoms with Crippen LogP contribution in [0.25, 0.3) is 28.0 Å². The van der Waals surface area contributed by atoms with Crippen LogP contribution in [0.5, 0.6) is 5.75 Å². The van der Waals surface area contributed by atoms with Gasteiger partial charge < -0.3 is 4.74 Å². The number of ether oxygens (including phenoxy) is 1. The van der Waals surface area contributed by atoms with Crippen molar-refractivity contribution in [3.05, 3.63) is 54.4 Å². The Bertz CT molecular complexity index is 1130. The van der Waals surface area contributed by atoms with Crippen LogP contribution in [-0.4, -0.2) is 31.5 Å². The molecule has 130 valence electrons. The van der Waals surface area contributed by atoms with Gasteiger partial charge in [-0.15, -0.1) is 0 Å². The van der Waals surface area contributed by atoms with Gasteiger partial charge in [-0.25, -0.2) is 13.9 Å². The smallest absolute Gasteiger partial charge is 0.155 e. The van der Waals surface area contributed by atoms with Crippen LogP contribution in [0.3, 0.4) is 0 Å². The van der Waals surface area contributed by atoms with Gasteiger partial charge in [0, 0.05) is 35.1 Å². The Labute approximate surface area is 148 Å². The Balaban J connectivity index is 1.77. The van der Waals surface area contributed by atoms with Crippen molar-refractivity contribution in [3.8, 4) is 28.1 Å². The Kier molecular flexibility index (Phi) is 3.28. The summed E-state index contributed by atoms with van der Waals surface area (Å²) in [5.41, 5.74) is 4.87. The maximum atomic E-state index is 14.6. The highest BCUT2D eigenvalue weighted by Gasteiger charge is 2.25. The van der Waals surface area contributed by atoms with Crippen molar-refractivity contribution >= 4 is 5.65 Å². The third kappa shape index (κ3) is 2.20. The first-order valence-electron chi connectivity index (χ1n) is 8.48. The van der Waals surface area contributed by atoms with Gasteiger partial charge in [0.2, 0.25) is 0 Å². The third-order valence-corrected chi connectivity index (χ3v) is 4.83. The molecule has 3 aromatic heterocycles. The molecular weight excluding hydrogens is 333 g/mol. The minimum absolute atomic E-state index is 0.314. The summed E-state index contributed by atoms with van der Waals surface area (Å²) in [4.78, 5) is 4.19. The molecule has 4 aromatic rings.